The van der Waals surface area contributed by atoms with E-state index in [0.29, 0.717) is 23.0 Å². The molecule has 0 aliphatic carbocycles. The first kappa shape index (κ1) is 20.5. The van der Waals surface area contributed by atoms with Crippen molar-refractivity contribution < 1.29 is 18.8 Å². The second kappa shape index (κ2) is 9.79. The molecule has 7 nitrogen and oxygen atoms in total. The van der Waals surface area contributed by atoms with E-state index in [4.69, 9.17) is 9.26 Å². The fourth-order valence-corrected chi connectivity index (χ4v) is 3.35. The summed E-state index contributed by atoms with van der Waals surface area (Å²) < 4.78 is 10.4. The minimum Gasteiger partial charge on any atom is -0.484 e. The van der Waals surface area contributed by atoms with Crippen molar-refractivity contribution in [2.75, 3.05) is 17.2 Å². The van der Waals surface area contributed by atoms with E-state index in [2.05, 4.69) is 15.8 Å². The first-order valence-corrected chi connectivity index (χ1v) is 9.86. The Hall–Kier alpha value is -3.26. The number of aryl methyl sites for hydroxylation is 1. The number of hydrogen-bond donors (Lipinski definition) is 2. The normalized spacial score (nSPS) is 11.5. The predicted molar refractivity (Wildman–Crippen MR) is 112 cm³/mol. The molecule has 3 aromatic rings. The molecule has 2 aromatic carbocycles. The van der Waals surface area contributed by atoms with Gasteiger partial charge in [0.15, 0.2) is 12.4 Å². The number of nitrogens with one attached hydrogen (secondary N) is 2. The second-order valence-electron chi connectivity index (χ2n) is 6.25. The molecule has 0 saturated carbocycles. The van der Waals surface area contributed by atoms with Gasteiger partial charge in [-0.05, 0) is 44.2 Å². The molecule has 0 fully saturated rings. The van der Waals surface area contributed by atoms with Crippen LogP contribution in [0.5, 0.6) is 5.75 Å². The topological polar surface area (TPSA) is 93.5 Å². The summed E-state index contributed by atoms with van der Waals surface area (Å²) in [6, 6.07) is 18.1. The van der Waals surface area contributed by atoms with Crippen LogP contribution in [0.4, 0.5) is 11.5 Å². The molecule has 29 heavy (non-hydrogen) atoms. The minimum absolute atomic E-state index is 0.0860. The number of carbonyl (C=O) groups excluding carboxylic acids is 2. The van der Waals surface area contributed by atoms with Crippen LogP contribution in [-0.2, 0) is 9.59 Å². The Balaban J connectivity index is 1.51. The molecule has 0 bridgehead atoms. The van der Waals surface area contributed by atoms with Crippen LogP contribution in [-0.4, -0.2) is 28.8 Å². The number of anilines is 2. The molecule has 2 amide bonds. The van der Waals surface area contributed by atoms with Crippen LogP contribution >= 0.6 is 11.8 Å². The van der Waals surface area contributed by atoms with E-state index in [1.807, 2.05) is 36.4 Å². The van der Waals surface area contributed by atoms with Crippen LogP contribution in [0, 0.1) is 6.92 Å². The Bertz CT molecular complexity index is 975. The van der Waals surface area contributed by atoms with E-state index in [1.54, 1.807) is 38.1 Å². The van der Waals surface area contributed by atoms with Crippen molar-refractivity contribution in [1.29, 1.82) is 0 Å². The van der Waals surface area contributed by atoms with E-state index in [-0.39, 0.29) is 23.7 Å². The fraction of sp³-hybridized carbons (Fsp3) is 0.190. The van der Waals surface area contributed by atoms with Crippen LogP contribution < -0.4 is 15.4 Å². The molecule has 2 N–H and O–H groups in total. The second-order valence-corrected chi connectivity index (χ2v) is 7.66. The van der Waals surface area contributed by atoms with Crippen molar-refractivity contribution in [2.24, 2.45) is 0 Å². The summed E-state index contributed by atoms with van der Waals surface area (Å²) in [6.45, 7) is 3.47. The lowest BCUT2D eigenvalue weighted by molar-refractivity contribution is -0.118. The molecular formula is C21H21N3O4S. The molecule has 0 aliphatic rings. The van der Waals surface area contributed by atoms with E-state index in [9.17, 15) is 9.59 Å². The van der Waals surface area contributed by atoms with Crippen molar-refractivity contribution in [3.63, 3.8) is 0 Å². The van der Waals surface area contributed by atoms with Gasteiger partial charge >= 0.3 is 0 Å². The third kappa shape index (κ3) is 6.39. The third-order valence-electron chi connectivity index (χ3n) is 3.79. The molecule has 0 aliphatic heterocycles. The molecule has 150 valence electrons. The monoisotopic (exact) mass is 411 g/mol. The van der Waals surface area contributed by atoms with Crippen molar-refractivity contribution in [3.8, 4) is 5.75 Å². The summed E-state index contributed by atoms with van der Waals surface area (Å²) >= 11 is 1.38. The summed E-state index contributed by atoms with van der Waals surface area (Å²) in [5, 5.41) is 8.90. The summed E-state index contributed by atoms with van der Waals surface area (Å²) in [6.07, 6.45) is 0. The number of nitrogens with zero attached hydrogens (tertiary/aromatic N) is 1. The molecule has 1 atom stereocenters. The SMILES string of the molecule is Cc1cc(NC(=O)C(C)Sc2cccc(NC(=O)COc3ccccc3)c2)no1. The maximum absolute atomic E-state index is 12.3. The van der Waals surface area contributed by atoms with Gasteiger partial charge in [-0.3, -0.25) is 9.59 Å². The zero-order valence-corrected chi connectivity index (χ0v) is 16.9. The molecule has 1 aromatic heterocycles. The van der Waals surface area contributed by atoms with Gasteiger partial charge in [-0.1, -0.05) is 29.4 Å². The number of hydrogen-bond acceptors (Lipinski definition) is 6. The fourth-order valence-electron chi connectivity index (χ4n) is 2.42. The highest BCUT2D eigenvalue weighted by Crippen LogP contribution is 2.26. The van der Waals surface area contributed by atoms with Crippen molar-refractivity contribution in [3.05, 3.63) is 66.4 Å². The number of carbonyl (C=O) groups is 2. The number of para-hydroxylation sites is 1. The molecule has 3 rings (SSSR count). The Morgan fingerprint density at radius 2 is 1.90 bits per heavy atom. The number of aromatic nitrogens is 1. The van der Waals surface area contributed by atoms with E-state index in [0.717, 1.165) is 4.90 Å². The summed E-state index contributed by atoms with van der Waals surface area (Å²) in [7, 11) is 0. The largest absolute Gasteiger partial charge is 0.484 e. The van der Waals surface area contributed by atoms with Crippen LogP contribution in [0.1, 0.15) is 12.7 Å². The Labute approximate surface area is 172 Å². The van der Waals surface area contributed by atoms with Crippen molar-refractivity contribution in [2.45, 2.75) is 24.0 Å². The molecule has 1 unspecified atom stereocenters. The van der Waals surface area contributed by atoms with Gasteiger partial charge < -0.3 is 19.9 Å². The third-order valence-corrected chi connectivity index (χ3v) is 4.89. The average Bonchev–Trinajstić information content (AvgIpc) is 3.12. The highest BCUT2D eigenvalue weighted by molar-refractivity contribution is 8.00. The van der Waals surface area contributed by atoms with Gasteiger partial charge in [0.05, 0.1) is 5.25 Å². The van der Waals surface area contributed by atoms with Gasteiger partial charge in [0, 0.05) is 16.6 Å². The molecular weight excluding hydrogens is 390 g/mol. The van der Waals surface area contributed by atoms with Crippen LogP contribution in [0.25, 0.3) is 0 Å². The van der Waals surface area contributed by atoms with Gasteiger partial charge in [-0.25, -0.2) is 0 Å². The minimum atomic E-state index is -0.362. The van der Waals surface area contributed by atoms with Gasteiger partial charge in [-0.15, -0.1) is 11.8 Å². The predicted octanol–water partition coefficient (Wildman–Crippen LogP) is 4.12. The van der Waals surface area contributed by atoms with Crippen LogP contribution in [0.15, 0.2) is 70.1 Å². The molecule has 8 heteroatoms. The Kier molecular flexibility index (Phi) is 6.91. The van der Waals surface area contributed by atoms with E-state index >= 15 is 0 Å². The van der Waals surface area contributed by atoms with E-state index < -0.39 is 0 Å². The number of rotatable bonds is 8. The number of benzene rings is 2. The smallest absolute Gasteiger partial charge is 0.262 e. The molecule has 0 radical (unpaired) electrons. The Morgan fingerprint density at radius 3 is 2.62 bits per heavy atom. The molecule has 0 spiro atoms. The zero-order valence-electron chi connectivity index (χ0n) is 16.0. The first-order chi connectivity index (χ1) is 14.0. The standard InChI is InChI=1S/C21H21N3O4S/c1-14-11-19(24-28-14)23-21(26)15(2)29-18-10-6-7-16(12-18)22-20(25)13-27-17-8-4-3-5-9-17/h3-12,15H,13H2,1-2H3,(H,22,25)(H,23,24,26). The lowest BCUT2D eigenvalue weighted by atomic mass is 10.3. The number of thioether (sulfide) groups is 1. The van der Waals surface area contributed by atoms with Gasteiger partial charge in [-0.2, -0.15) is 0 Å². The quantitative estimate of drug-likeness (QED) is 0.542. The van der Waals surface area contributed by atoms with Gasteiger partial charge in [0.25, 0.3) is 5.91 Å². The summed E-state index contributed by atoms with van der Waals surface area (Å²) in [4.78, 5) is 25.3. The highest BCUT2D eigenvalue weighted by Gasteiger charge is 2.16. The summed E-state index contributed by atoms with van der Waals surface area (Å²) in [5.41, 5.74) is 0.636. The first-order valence-electron chi connectivity index (χ1n) is 8.98. The van der Waals surface area contributed by atoms with E-state index in [1.165, 1.54) is 11.8 Å². The highest BCUT2D eigenvalue weighted by atomic mass is 32.2. The Morgan fingerprint density at radius 1 is 1.10 bits per heavy atom. The lowest BCUT2D eigenvalue weighted by Gasteiger charge is -2.12. The van der Waals surface area contributed by atoms with Gasteiger partial charge in [0.1, 0.15) is 11.5 Å². The van der Waals surface area contributed by atoms with Crippen LogP contribution in [0.3, 0.4) is 0 Å². The van der Waals surface area contributed by atoms with Crippen LogP contribution in [0.2, 0.25) is 0 Å². The van der Waals surface area contributed by atoms with Gasteiger partial charge in [0.2, 0.25) is 5.91 Å². The zero-order chi connectivity index (χ0) is 20.6. The van der Waals surface area contributed by atoms with Crippen molar-refractivity contribution in [1.82, 2.24) is 5.16 Å². The maximum Gasteiger partial charge on any atom is 0.262 e. The lowest BCUT2D eigenvalue weighted by Crippen LogP contribution is -2.22. The summed E-state index contributed by atoms with van der Waals surface area (Å²) in [5.74, 6) is 1.20. The number of ether oxygens (including phenoxy) is 1. The average molecular weight is 411 g/mol. The number of amides is 2. The van der Waals surface area contributed by atoms with Crippen molar-refractivity contribution >= 4 is 35.1 Å². The molecule has 0 saturated heterocycles. The maximum atomic E-state index is 12.3. The molecule has 1 heterocycles.